The minimum Gasteiger partial charge on any atom is -0.488 e. The van der Waals surface area contributed by atoms with Crippen LogP contribution in [-0.4, -0.2) is 36.3 Å². The van der Waals surface area contributed by atoms with Crippen molar-refractivity contribution < 1.29 is 28.2 Å². The molecule has 1 aromatic rings. The van der Waals surface area contributed by atoms with Crippen molar-refractivity contribution in [2.75, 3.05) is 19.1 Å². The molecule has 0 aromatic heterocycles. The first-order chi connectivity index (χ1) is 10.5. The van der Waals surface area contributed by atoms with Gasteiger partial charge in [-0.25, -0.2) is 8.78 Å². The second-order valence-corrected chi connectivity index (χ2v) is 4.91. The van der Waals surface area contributed by atoms with E-state index in [1.54, 1.807) is 6.92 Å². The number of alkyl halides is 1. The van der Waals surface area contributed by atoms with Crippen LogP contribution in [0.2, 0.25) is 0 Å². The lowest BCUT2D eigenvalue weighted by atomic mass is 10.1. The van der Waals surface area contributed by atoms with Crippen LogP contribution in [0.15, 0.2) is 12.1 Å². The van der Waals surface area contributed by atoms with Crippen LogP contribution in [0, 0.1) is 11.6 Å². The Morgan fingerprint density at radius 2 is 2.00 bits per heavy atom. The number of Topliss-reactive ketones (excluding diaryl/α,β-unsaturated/α-hetero) is 1. The van der Waals surface area contributed by atoms with E-state index < -0.39 is 29.5 Å². The van der Waals surface area contributed by atoms with Crippen molar-refractivity contribution >= 4 is 17.4 Å². The molecule has 0 aliphatic heterocycles. The molecule has 0 aliphatic carbocycles. The van der Waals surface area contributed by atoms with Gasteiger partial charge in [-0.1, -0.05) is 0 Å². The Morgan fingerprint density at radius 1 is 1.36 bits per heavy atom. The minimum atomic E-state index is -1.07. The Hall–Kier alpha value is -1.24. The number of rotatable bonds is 10. The number of halogens is 3. The summed E-state index contributed by atoms with van der Waals surface area (Å²) in [5.74, 6) is -2.56. The number of aliphatic hydroxyl groups excluding tert-OH is 1. The molecule has 0 saturated carbocycles. The average molecular weight is 337 g/mol. The molecule has 1 aromatic carbocycles. The van der Waals surface area contributed by atoms with Gasteiger partial charge in [-0.2, -0.15) is 0 Å². The van der Waals surface area contributed by atoms with Crippen LogP contribution in [0.5, 0.6) is 5.75 Å². The molecule has 1 N–H and O–H groups in total. The fourth-order valence-electron chi connectivity index (χ4n) is 1.76. The SMILES string of the molecule is CCOC(O)CCC(=O)c1cc(F)c(OCCCCl)c(F)c1. The van der Waals surface area contributed by atoms with Crippen LogP contribution in [0.4, 0.5) is 8.78 Å². The smallest absolute Gasteiger partial charge is 0.190 e. The third-order valence-corrected chi connectivity index (χ3v) is 3.09. The first kappa shape index (κ1) is 18.8. The zero-order valence-electron chi connectivity index (χ0n) is 12.3. The van der Waals surface area contributed by atoms with E-state index in [0.29, 0.717) is 18.9 Å². The fourth-order valence-corrected chi connectivity index (χ4v) is 1.87. The standard InChI is InChI=1S/C15H19ClF2O4/c1-2-21-14(20)5-4-13(19)10-8-11(17)15(12(18)9-10)22-7-3-6-16/h8-9,14,20H,2-7H2,1H3. The minimum absolute atomic E-state index is 0.0594. The molecule has 1 rings (SSSR count). The maximum atomic E-state index is 13.8. The van der Waals surface area contributed by atoms with Crippen molar-refractivity contribution in [3.8, 4) is 5.75 Å². The summed E-state index contributed by atoms with van der Waals surface area (Å²) in [7, 11) is 0. The summed E-state index contributed by atoms with van der Waals surface area (Å²) in [6.45, 7) is 2.11. The summed E-state index contributed by atoms with van der Waals surface area (Å²) in [6, 6.07) is 1.85. The Morgan fingerprint density at radius 3 is 2.55 bits per heavy atom. The summed E-state index contributed by atoms with van der Waals surface area (Å²) >= 11 is 5.45. The van der Waals surface area contributed by atoms with E-state index in [-0.39, 0.29) is 25.0 Å². The maximum Gasteiger partial charge on any atom is 0.190 e. The van der Waals surface area contributed by atoms with Gasteiger partial charge in [0, 0.05) is 30.9 Å². The van der Waals surface area contributed by atoms with Crippen LogP contribution in [0.1, 0.15) is 36.5 Å². The number of hydrogen-bond acceptors (Lipinski definition) is 4. The molecule has 1 unspecified atom stereocenters. The van der Waals surface area contributed by atoms with Gasteiger partial charge < -0.3 is 14.6 Å². The van der Waals surface area contributed by atoms with E-state index in [1.165, 1.54) is 0 Å². The molecule has 0 aliphatic rings. The van der Waals surface area contributed by atoms with Gasteiger partial charge >= 0.3 is 0 Å². The molecule has 0 heterocycles. The number of ether oxygens (including phenoxy) is 2. The predicted molar refractivity (Wildman–Crippen MR) is 78.4 cm³/mol. The molecule has 0 saturated heterocycles. The van der Waals surface area contributed by atoms with Crippen molar-refractivity contribution in [1.82, 2.24) is 0 Å². The zero-order chi connectivity index (χ0) is 16.5. The lowest BCUT2D eigenvalue weighted by molar-refractivity contribution is -0.0979. The van der Waals surface area contributed by atoms with E-state index in [4.69, 9.17) is 21.1 Å². The van der Waals surface area contributed by atoms with Crippen molar-refractivity contribution in [2.45, 2.75) is 32.5 Å². The lowest BCUT2D eigenvalue weighted by Crippen LogP contribution is -2.14. The van der Waals surface area contributed by atoms with Gasteiger partial charge in [0.05, 0.1) is 6.61 Å². The Balaban J connectivity index is 2.70. The van der Waals surface area contributed by atoms with Crippen LogP contribution in [0.3, 0.4) is 0 Å². The van der Waals surface area contributed by atoms with Gasteiger partial charge in [-0.05, 0) is 25.5 Å². The Labute approximate surface area is 133 Å². The average Bonchev–Trinajstić information content (AvgIpc) is 2.47. The van der Waals surface area contributed by atoms with Crippen LogP contribution >= 0.6 is 11.6 Å². The molecule has 0 fully saturated rings. The van der Waals surface area contributed by atoms with Gasteiger partial charge in [-0.3, -0.25) is 4.79 Å². The van der Waals surface area contributed by atoms with Gasteiger partial charge in [0.25, 0.3) is 0 Å². The summed E-state index contributed by atoms with van der Waals surface area (Å²) < 4.78 is 37.4. The second kappa shape index (κ2) is 9.71. The van der Waals surface area contributed by atoms with E-state index in [1.807, 2.05) is 0 Å². The van der Waals surface area contributed by atoms with E-state index in [2.05, 4.69) is 0 Å². The van der Waals surface area contributed by atoms with E-state index >= 15 is 0 Å². The van der Waals surface area contributed by atoms with Gasteiger partial charge in [0.15, 0.2) is 29.5 Å². The first-order valence-corrected chi connectivity index (χ1v) is 7.53. The molecule has 1 atom stereocenters. The maximum absolute atomic E-state index is 13.8. The molecule has 0 bridgehead atoms. The highest BCUT2D eigenvalue weighted by Gasteiger charge is 2.17. The van der Waals surface area contributed by atoms with Crippen LogP contribution < -0.4 is 4.74 Å². The molecule has 7 heteroatoms. The number of aliphatic hydroxyl groups is 1. The van der Waals surface area contributed by atoms with E-state index in [0.717, 1.165) is 12.1 Å². The summed E-state index contributed by atoms with van der Waals surface area (Å²) in [6.07, 6.45) is -0.630. The van der Waals surface area contributed by atoms with Crippen LogP contribution in [0.25, 0.3) is 0 Å². The van der Waals surface area contributed by atoms with Crippen molar-refractivity contribution in [1.29, 1.82) is 0 Å². The number of carbonyl (C=O) groups excluding carboxylic acids is 1. The second-order valence-electron chi connectivity index (χ2n) is 4.53. The van der Waals surface area contributed by atoms with Crippen molar-refractivity contribution in [3.05, 3.63) is 29.3 Å². The van der Waals surface area contributed by atoms with Crippen LogP contribution in [-0.2, 0) is 4.74 Å². The highest BCUT2D eigenvalue weighted by molar-refractivity contribution is 6.17. The molecular weight excluding hydrogens is 318 g/mol. The lowest BCUT2D eigenvalue weighted by Gasteiger charge is -2.11. The van der Waals surface area contributed by atoms with E-state index in [9.17, 15) is 18.7 Å². The third-order valence-electron chi connectivity index (χ3n) is 2.82. The summed E-state index contributed by atoms with van der Waals surface area (Å²) in [5, 5.41) is 9.37. The Bertz CT molecular complexity index is 473. The highest BCUT2D eigenvalue weighted by Crippen LogP contribution is 2.24. The monoisotopic (exact) mass is 336 g/mol. The van der Waals surface area contributed by atoms with Gasteiger partial charge in [-0.15, -0.1) is 11.6 Å². The molecule has 124 valence electrons. The zero-order valence-corrected chi connectivity index (χ0v) is 13.0. The topological polar surface area (TPSA) is 55.8 Å². The number of carbonyl (C=O) groups is 1. The van der Waals surface area contributed by atoms with Gasteiger partial charge in [0.2, 0.25) is 0 Å². The Kier molecular flexibility index (Phi) is 8.30. The normalized spacial score (nSPS) is 12.2. The molecule has 0 amide bonds. The van der Waals surface area contributed by atoms with Gasteiger partial charge in [0.1, 0.15) is 0 Å². The molecular formula is C15H19ClF2O4. The largest absolute Gasteiger partial charge is 0.488 e. The summed E-state index contributed by atoms with van der Waals surface area (Å²) in [5.41, 5.74) is -0.108. The summed E-state index contributed by atoms with van der Waals surface area (Å²) in [4.78, 5) is 11.9. The van der Waals surface area contributed by atoms with Crippen molar-refractivity contribution in [2.24, 2.45) is 0 Å². The molecule has 22 heavy (non-hydrogen) atoms. The first-order valence-electron chi connectivity index (χ1n) is 7.00. The molecule has 0 spiro atoms. The number of benzene rings is 1. The van der Waals surface area contributed by atoms with Crippen molar-refractivity contribution in [3.63, 3.8) is 0 Å². The third kappa shape index (κ3) is 5.87. The molecule has 0 radical (unpaired) electrons. The fraction of sp³-hybridized carbons (Fsp3) is 0.533. The molecule has 4 nitrogen and oxygen atoms in total. The highest BCUT2D eigenvalue weighted by atomic mass is 35.5. The number of hydrogen-bond donors (Lipinski definition) is 1. The quantitative estimate of drug-likeness (QED) is 0.308. The predicted octanol–water partition coefficient (Wildman–Crippen LogP) is 3.29. The number of ketones is 1.